The zero-order chi connectivity index (χ0) is 19.7. The third kappa shape index (κ3) is 3.65. The van der Waals surface area contributed by atoms with Crippen LogP contribution in [0.4, 0.5) is 5.13 Å². The predicted octanol–water partition coefficient (Wildman–Crippen LogP) is 2.52. The van der Waals surface area contributed by atoms with E-state index in [1.54, 1.807) is 24.4 Å². The number of nitrogens with one attached hydrogen (secondary N) is 1. The van der Waals surface area contributed by atoms with Gasteiger partial charge in [-0.05, 0) is 26.0 Å². The van der Waals surface area contributed by atoms with Crippen molar-refractivity contribution in [3.63, 3.8) is 0 Å². The van der Waals surface area contributed by atoms with E-state index in [-0.39, 0.29) is 18.2 Å². The Morgan fingerprint density at radius 2 is 2.18 bits per heavy atom. The number of aromatic nitrogens is 3. The van der Waals surface area contributed by atoms with Gasteiger partial charge in [0.15, 0.2) is 5.13 Å². The lowest BCUT2D eigenvalue weighted by atomic mass is 10.1. The van der Waals surface area contributed by atoms with E-state index >= 15 is 0 Å². The van der Waals surface area contributed by atoms with Gasteiger partial charge in [0.25, 0.3) is 5.91 Å². The van der Waals surface area contributed by atoms with Gasteiger partial charge in [-0.15, -0.1) is 0 Å². The number of anilines is 1. The molecule has 0 fully saturated rings. The molecule has 0 saturated carbocycles. The molecule has 1 aliphatic rings. The minimum atomic E-state index is -0.293. The molecule has 0 aliphatic carbocycles. The largest absolute Gasteiger partial charge is 0.361 e. The molecule has 0 spiro atoms. The normalized spacial score (nSPS) is 13.3. The summed E-state index contributed by atoms with van der Waals surface area (Å²) in [5.41, 5.74) is 2.87. The van der Waals surface area contributed by atoms with Gasteiger partial charge in [-0.1, -0.05) is 22.6 Å². The highest BCUT2D eigenvalue weighted by Gasteiger charge is 2.26. The van der Waals surface area contributed by atoms with E-state index in [0.717, 1.165) is 21.8 Å². The molecule has 144 valence electrons. The van der Waals surface area contributed by atoms with Gasteiger partial charge in [0, 0.05) is 29.6 Å². The van der Waals surface area contributed by atoms with Crippen molar-refractivity contribution in [2.24, 2.45) is 0 Å². The summed E-state index contributed by atoms with van der Waals surface area (Å²) in [4.78, 5) is 36.3. The van der Waals surface area contributed by atoms with Gasteiger partial charge in [-0.25, -0.2) is 4.98 Å². The van der Waals surface area contributed by atoms with Crippen molar-refractivity contribution in [3.05, 3.63) is 57.7 Å². The van der Waals surface area contributed by atoms with E-state index in [1.807, 2.05) is 18.7 Å². The Kier molecular flexibility index (Phi) is 4.91. The highest BCUT2D eigenvalue weighted by atomic mass is 32.1. The number of rotatable bonds is 4. The number of aryl methyl sites for hydroxylation is 2. The zero-order valence-corrected chi connectivity index (χ0v) is 16.4. The van der Waals surface area contributed by atoms with Crippen molar-refractivity contribution in [1.29, 1.82) is 0 Å². The molecule has 0 atom stereocenters. The van der Waals surface area contributed by atoms with Crippen LogP contribution in [0.5, 0.6) is 0 Å². The van der Waals surface area contributed by atoms with Gasteiger partial charge in [-0.2, -0.15) is 0 Å². The molecular formula is C19H19N5O3S. The number of hydrogen-bond donors (Lipinski definition) is 1. The highest BCUT2D eigenvalue weighted by Crippen LogP contribution is 2.29. The van der Waals surface area contributed by atoms with Crippen LogP contribution in [0.1, 0.15) is 38.1 Å². The summed E-state index contributed by atoms with van der Waals surface area (Å²) in [6.45, 7) is 4.76. The van der Waals surface area contributed by atoms with Crippen LogP contribution >= 0.6 is 11.3 Å². The number of nitrogens with zero attached hydrogens (tertiary/aromatic N) is 4. The van der Waals surface area contributed by atoms with E-state index in [0.29, 0.717) is 36.1 Å². The van der Waals surface area contributed by atoms with Crippen LogP contribution in [0.15, 0.2) is 28.9 Å². The summed E-state index contributed by atoms with van der Waals surface area (Å²) in [6, 6.07) is 5.17. The topological polar surface area (TPSA) is 101 Å². The maximum absolute atomic E-state index is 12.7. The Hall–Kier alpha value is -3.07. The van der Waals surface area contributed by atoms with E-state index in [2.05, 4.69) is 20.4 Å². The highest BCUT2D eigenvalue weighted by molar-refractivity contribution is 7.15. The number of carbonyl (C=O) groups excluding carboxylic acids is 2. The second-order valence-electron chi connectivity index (χ2n) is 6.60. The zero-order valence-electron chi connectivity index (χ0n) is 15.6. The Bertz CT molecular complexity index is 1010. The first-order chi connectivity index (χ1) is 13.5. The fourth-order valence-electron chi connectivity index (χ4n) is 3.14. The summed E-state index contributed by atoms with van der Waals surface area (Å²) in [5.74, 6) is 0.423. The SMILES string of the molecule is Cc1noc(C)c1CC(=O)N1CCc2nc(NC(=O)c3ccccn3)sc2C1. The average molecular weight is 397 g/mol. The molecule has 0 aromatic carbocycles. The predicted molar refractivity (Wildman–Crippen MR) is 103 cm³/mol. The molecule has 4 rings (SSSR count). The van der Waals surface area contributed by atoms with Gasteiger partial charge < -0.3 is 9.42 Å². The van der Waals surface area contributed by atoms with Crippen molar-refractivity contribution in [2.45, 2.75) is 33.2 Å². The number of fused-ring (bicyclic) bond motifs is 1. The summed E-state index contributed by atoms with van der Waals surface area (Å²) in [5, 5.41) is 7.23. The molecule has 3 aromatic rings. The molecule has 0 bridgehead atoms. The molecule has 1 N–H and O–H groups in total. The molecule has 3 aromatic heterocycles. The van der Waals surface area contributed by atoms with Gasteiger partial charge >= 0.3 is 0 Å². The van der Waals surface area contributed by atoms with Gasteiger partial charge in [0.05, 0.1) is 24.4 Å². The van der Waals surface area contributed by atoms with E-state index < -0.39 is 0 Å². The molecule has 8 nitrogen and oxygen atoms in total. The van der Waals surface area contributed by atoms with Gasteiger partial charge in [0.2, 0.25) is 5.91 Å². The standard InChI is InChI=1S/C19H19N5O3S/c1-11-13(12(2)27-23-11)9-17(25)24-8-6-14-16(10-24)28-19(21-14)22-18(26)15-5-3-4-7-20-15/h3-5,7H,6,8-10H2,1-2H3,(H,21,22,26). The summed E-state index contributed by atoms with van der Waals surface area (Å²) < 4.78 is 5.14. The molecule has 0 radical (unpaired) electrons. The number of carbonyl (C=O) groups is 2. The Morgan fingerprint density at radius 3 is 2.89 bits per heavy atom. The number of pyridine rings is 1. The molecular weight excluding hydrogens is 378 g/mol. The van der Waals surface area contributed by atoms with Crippen LogP contribution in [0.3, 0.4) is 0 Å². The van der Waals surface area contributed by atoms with Gasteiger partial charge in [-0.3, -0.25) is 19.9 Å². The Morgan fingerprint density at radius 1 is 1.32 bits per heavy atom. The first kappa shape index (κ1) is 18.3. The second-order valence-corrected chi connectivity index (χ2v) is 7.69. The maximum Gasteiger partial charge on any atom is 0.276 e. The van der Waals surface area contributed by atoms with E-state index in [9.17, 15) is 9.59 Å². The third-order valence-corrected chi connectivity index (χ3v) is 5.71. The minimum Gasteiger partial charge on any atom is -0.361 e. The molecule has 4 heterocycles. The van der Waals surface area contributed by atoms with Crippen LogP contribution in [-0.2, 0) is 24.2 Å². The van der Waals surface area contributed by atoms with Crippen LogP contribution in [0.25, 0.3) is 0 Å². The van der Waals surface area contributed by atoms with Crippen molar-refractivity contribution in [1.82, 2.24) is 20.0 Å². The average Bonchev–Trinajstić information content (AvgIpc) is 3.25. The monoisotopic (exact) mass is 397 g/mol. The number of amides is 2. The Labute approximate surface area is 165 Å². The lowest BCUT2D eigenvalue weighted by molar-refractivity contribution is -0.131. The molecule has 9 heteroatoms. The van der Waals surface area contributed by atoms with Crippen molar-refractivity contribution in [3.8, 4) is 0 Å². The third-order valence-electron chi connectivity index (χ3n) is 4.71. The first-order valence-corrected chi connectivity index (χ1v) is 9.73. The minimum absolute atomic E-state index is 0.0347. The fourth-order valence-corrected chi connectivity index (χ4v) is 4.16. The quantitative estimate of drug-likeness (QED) is 0.726. The van der Waals surface area contributed by atoms with Crippen molar-refractivity contribution >= 4 is 28.3 Å². The molecule has 28 heavy (non-hydrogen) atoms. The van der Waals surface area contributed by atoms with Gasteiger partial charge in [0.1, 0.15) is 11.5 Å². The summed E-state index contributed by atoms with van der Waals surface area (Å²) in [7, 11) is 0. The van der Waals surface area contributed by atoms with Crippen LogP contribution < -0.4 is 5.32 Å². The van der Waals surface area contributed by atoms with Crippen molar-refractivity contribution < 1.29 is 14.1 Å². The number of hydrogen-bond acceptors (Lipinski definition) is 7. The lowest BCUT2D eigenvalue weighted by Gasteiger charge is -2.26. The number of thiazole rings is 1. The molecule has 0 saturated heterocycles. The molecule has 0 unspecified atom stereocenters. The smallest absolute Gasteiger partial charge is 0.276 e. The molecule has 2 amide bonds. The second kappa shape index (κ2) is 7.51. The van der Waals surface area contributed by atoms with E-state index in [4.69, 9.17) is 4.52 Å². The first-order valence-electron chi connectivity index (χ1n) is 8.91. The Balaban J connectivity index is 1.43. The van der Waals surface area contributed by atoms with Crippen LogP contribution in [0.2, 0.25) is 0 Å². The van der Waals surface area contributed by atoms with Crippen molar-refractivity contribution in [2.75, 3.05) is 11.9 Å². The maximum atomic E-state index is 12.7. The molecule has 1 aliphatic heterocycles. The fraction of sp³-hybridized carbons (Fsp3) is 0.316. The summed E-state index contributed by atoms with van der Waals surface area (Å²) >= 11 is 1.40. The lowest BCUT2D eigenvalue weighted by Crippen LogP contribution is -2.36. The van der Waals surface area contributed by atoms with Crippen LogP contribution in [0, 0.1) is 13.8 Å². The van der Waals surface area contributed by atoms with Crippen LogP contribution in [-0.4, -0.2) is 38.4 Å². The summed E-state index contributed by atoms with van der Waals surface area (Å²) in [6.07, 6.45) is 2.52. The van der Waals surface area contributed by atoms with E-state index in [1.165, 1.54) is 11.3 Å².